The number of imide groups is 1. The highest BCUT2D eigenvalue weighted by Crippen LogP contribution is 2.34. The van der Waals surface area contributed by atoms with Crippen molar-refractivity contribution in [1.82, 2.24) is 10.2 Å². The Labute approximate surface area is 130 Å². The van der Waals surface area contributed by atoms with Crippen molar-refractivity contribution in [3.63, 3.8) is 0 Å². The molecule has 102 valence electrons. The van der Waals surface area contributed by atoms with Gasteiger partial charge < -0.3 is 4.90 Å². The zero-order valence-corrected chi connectivity index (χ0v) is 14.1. The molecule has 1 fully saturated rings. The molecule has 3 amide bonds. The summed E-state index contributed by atoms with van der Waals surface area (Å²) in [4.78, 5) is 37.0. The van der Waals surface area contributed by atoms with Crippen LogP contribution in [0.2, 0.25) is 0 Å². The number of piperazine rings is 1. The number of carbonyl (C=O) groups excluding carboxylic acids is 3. The number of hydrogen-bond acceptors (Lipinski definition) is 4. The zero-order chi connectivity index (χ0) is 14.4. The number of thiophene rings is 1. The van der Waals surface area contributed by atoms with Gasteiger partial charge >= 0.3 is 0 Å². The molecule has 0 radical (unpaired) electrons. The third-order valence-corrected chi connectivity index (χ3v) is 5.26. The standard InChI is InChI=1S/C11H10Br2N2O3S/c1-11(2)10(18)14-7(16)4-15(11)9(17)5-3-6(12)19-8(5)13/h3H,4H2,1-2H3,(H,14,16,18). The molecule has 0 bridgehead atoms. The van der Waals surface area contributed by atoms with E-state index in [1.807, 2.05) is 0 Å². The highest BCUT2D eigenvalue weighted by molar-refractivity contribution is 9.12. The number of rotatable bonds is 1. The lowest BCUT2D eigenvalue weighted by atomic mass is 9.98. The minimum Gasteiger partial charge on any atom is -0.315 e. The molecule has 2 rings (SSSR count). The average Bonchev–Trinajstić information content (AvgIpc) is 2.62. The largest absolute Gasteiger partial charge is 0.315 e. The van der Waals surface area contributed by atoms with E-state index in [1.54, 1.807) is 19.9 Å². The van der Waals surface area contributed by atoms with Crippen LogP contribution in [-0.2, 0) is 9.59 Å². The molecule has 1 aliphatic heterocycles. The fraction of sp³-hybridized carbons (Fsp3) is 0.364. The van der Waals surface area contributed by atoms with E-state index >= 15 is 0 Å². The SMILES string of the molecule is CC1(C)C(=O)NC(=O)CN1C(=O)c1cc(Br)sc1Br. The first-order chi connectivity index (χ1) is 8.73. The minimum atomic E-state index is -1.06. The highest BCUT2D eigenvalue weighted by Gasteiger charge is 2.44. The summed E-state index contributed by atoms with van der Waals surface area (Å²) in [5.74, 6) is -1.28. The summed E-state index contributed by atoms with van der Waals surface area (Å²) < 4.78 is 1.46. The van der Waals surface area contributed by atoms with Gasteiger partial charge in [-0.05, 0) is 51.8 Å². The topological polar surface area (TPSA) is 66.5 Å². The fourth-order valence-corrected chi connectivity index (χ4v) is 4.52. The van der Waals surface area contributed by atoms with E-state index in [2.05, 4.69) is 37.2 Å². The van der Waals surface area contributed by atoms with Gasteiger partial charge in [0.05, 0.1) is 13.1 Å². The Morgan fingerprint density at radius 3 is 2.58 bits per heavy atom. The van der Waals surface area contributed by atoms with Crippen LogP contribution in [0, 0.1) is 0 Å². The zero-order valence-electron chi connectivity index (χ0n) is 10.1. The van der Waals surface area contributed by atoms with Gasteiger partial charge in [0.1, 0.15) is 12.1 Å². The second-order valence-corrected chi connectivity index (χ2v) is 8.31. The van der Waals surface area contributed by atoms with Gasteiger partial charge in [-0.25, -0.2) is 0 Å². The molecule has 0 saturated carbocycles. The second-order valence-electron chi connectivity index (χ2n) is 4.57. The number of nitrogens with zero attached hydrogens (tertiary/aromatic N) is 1. The van der Waals surface area contributed by atoms with Gasteiger partial charge in [-0.15, -0.1) is 11.3 Å². The molecule has 1 aromatic rings. The van der Waals surface area contributed by atoms with E-state index in [0.717, 1.165) is 3.79 Å². The molecular weight excluding hydrogens is 400 g/mol. The van der Waals surface area contributed by atoms with Gasteiger partial charge in [0.25, 0.3) is 11.8 Å². The minimum absolute atomic E-state index is 0.128. The maximum Gasteiger partial charge on any atom is 0.257 e. The third-order valence-electron chi connectivity index (χ3n) is 2.92. The molecule has 1 aromatic heterocycles. The van der Waals surface area contributed by atoms with Crippen molar-refractivity contribution >= 4 is 60.9 Å². The van der Waals surface area contributed by atoms with Crippen LogP contribution in [0.25, 0.3) is 0 Å². The molecular formula is C11H10Br2N2O3S. The molecule has 0 aliphatic carbocycles. The predicted octanol–water partition coefficient (Wildman–Crippen LogP) is 2.15. The first kappa shape index (κ1) is 14.7. The van der Waals surface area contributed by atoms with Crippen LogP contribution in [0.1, 0.15) is 24.2 Å². The monoisotopic (exact) mass is 408 g/mol. The quantitative estimate of drug-likeness (QED) is 0.722. The molecule has 0 unspecified atom stereocenters. The number of amides is 3. The van der Waals surface area contributed by atoms with Crippen LogP contribution in [0.3, 0.4) is 0 Å². The summed E-state index contributed by atoms with van der Waals surface area (Å²) >= 11 is 7.97. The first-order valence-corrected chi connectivity index (χ1v) is 7.75. The lowest BCUT2D eigenvalue weighted by Crippen LogP contribution is -2.65. The van der Waals surface area contributed by atoms with Crippen molar-refractivity contribution in [2.45, 2.75) is 19.4 Å². The first-order valence-electron chi connectivity index (χ1n) is 5.34. The molecule has 19 heavy (non-hydrogen) atoms. The van der Waals surface area contributed by atoms with Crippen molar-refractivity contribution in [2.75, 3.05) is 6.54 Å². The number of nitrogens with one attached hydrogen (secondary N) is 1. The van der Waals surface area contributed by atoms with Crippen LogP contribution < -0.4 is 5.32 Å². The summed E-state index contributed by atoms with van der Waals surface area (Å²) in [5.41, 5.74) is -0.619. The van der Waals surface area contributed by atoms with E-state index in [-0.39, 0.29) is 12.5 Å². The summed E-state index contributed by atoms with van der Waals surface area (Å²) in [6, 6.07) is 1.67. The van der Waals surface area contributed by atoms with Crippen molar-refractivity contribution in [2.24, 2.45) is 0 Å². The molecule has 0 aromatic carbocycles. The van der Waals surface area contributed by atoms with Gasteiger partial charge in [-0.3, -0.25) is 19.7 Å². The van der Waals surface area contributed by atoms with Crippen LogP contribution in [0.4, 0.5) is 0 Å². The molecule has 5 nitrogen and oxygen atoms in total. The van der Waals surface area contributed by atoms with Gasteiger partial charge in [-0.1, -0.05) is 0 Å². The Morgan fingerprint density at radius 1 is 1.42 bits per heavy atom. The Bertz CT molecular complexity index is 582. The van der Waals surface area contributed by atoms with Crippen LogP contribution in [-0.4, -0.2) is 34.7 Å². The lowest BCUT2D eigenvalue weighted by Gasteiger charge is -2.40. The lowest BCUT2D eigenvalue weighted by molar-refractivity contribution is -0.143. The van der Waals surface area contributed by atoms with Crippen molar-refractivity contribution < 1.29 is 14.4 Å². The highest BCUT2D eigenvalue weighted by atomic mass is 79.9. The summed E-state index contributed by atoms with van der Waals surface area (Å²) in [6.45, 7) is 3.10. The molecule has 1 aliphatic rings. The second kappa shape index (κ2) is 4.99. The van der Waals surface area contributed by atoms with Crippen LogP contribution in [0.15, 0.2) is 13.6 Å². The van der Waals surface area contributed by atoms with E-state index < -0.39 is 17.4 Å². The van der Waals surface area contributed by atoms with Gasteiger partial charge in [0.2, 0.25) is 5.91 Å². The van der Waals surface area contributed by atoms with Gasteiger partial charge in [0, 0.05) is 0 Å². The fourth-order valence-electron chi connectivity index (χ4n) is 1.74. The molecule has 2 heterocycles. The Balaban J connectivity index is 2.39. The number of hydrogen-bond donors (Lipinski definition) is 1. The van der Waals surface area contributed by atoms with Crippen LogP contribution in [0.5, 0.6) is 0 Å². The Kier molecular flexibility index (Phi) is 3.85. The maximum atomic E-state index is 12.5. The predicted molar refractivity (Wildman–Crippen MR) is 78.0 cm³/mol. The smallest absolute Gasteiger partial charge is 0.257 e. The normalized spacial score (nSPS) is 18.4. The Hall–Kier alpha value is -0.730. The maximum absolute atomic E-state index is 12.5. The van der Waals surface area contributed by atoms with Crippen LogP contribution >= 0.6 is 43.2 Å². The van der Waals surface area contributed by atoms with Gasteiger partial charge in [-0.2, -0.15) is 0 Å². The molecule has 0 atom stereocenters. The number of halogens is 2. The average molecular weight is 410 g/mol. The van der Waals surface area contributed by atoms with Crippen molar-refractivity contribution in [3.05, 3.63) is 19.2 Å². The van der Waals surface area contributed by atoms with Crippen molar-refractivity contribution in [3.8, 4) is 0 Å². The van der Waals surface area contributed by atoms with Crippen molar-refractivity contribution in [1.29, 1.82) is 0 Å². The summed E-state index contributed by atoms with van der Waals surface area (Å²) in [5, 5.41) is 2.24. The van der Waals surface area contributed by atoms with E-state index in [0.29, 0.717) is 9.35 Å². The third kappa shape index (κ3) is 2.61. The Morgan fingerprint density at radius 2 is 2.05 bits per heavy atom. The van der Waals surface area contributed by atoms with E-state index in [9.17, 15) is 14.4 Å². The molecule has 0 spiro atoms. The molecule has 8 heteroatoms. The summed E-state index contributed by atoms with van der Waals surface area (Å²) in [6.07, 6.45) is 0. The summed E-state index contributed by atoms with van der Waals surface area (Å²) in [7, 11) is 0. The molecule has 1 N–H and O–H groups in total. The van der Waals surface area contributed by atoms with E-state index in [1.165, 1.54) is 16.2 Å². The van der Waals surface area contributed by atoms with Gasteiger partial charge in [0.15, 0.2) is 0 Å². The molecule has 1 saturated heterocycles. The number of carbonyl (C=O) groups is 3. The van der Waals surface area contributed by atoms with E-state index in [4.69, 9.17) is 0 Å².